The Bertz CT molecular complexity index is 640. The predicted molar refractivity (Wildman–Crippen MR) is 92.7 cm³/mol. The maximum Gasteiger partial charge on any atom is 0.254 e. The zero-order valence-corrected chi connectivity index (χ0v) is 14.3. The number of benzene rings is 1. The molecule has 1 aromatic rings. The standard InChI is InChI=1S/C17H24N4O3/c1-11(22)19-14-6-13(7-15(8-14)20-12(2)23)16(24)21-5-4-17(3,9-18)10-21/h6-8H,4-5,9-10,18H2,1-3H3,(H,19,22)(H,20,23). The van der Waals surface area contributed by atoms with Gasteiger partial charge in [0.15, 0.2) is 0 Å². The maximum atomic E-state index is 12.8. The zero-order chi connectivity index (χ0) is 17.9. The van der Waals surface area contributed by atoms with Crippen LogP contribution in [0, 0.1) is 5.41 Å². The molecular weight excluding hydrogens is 308 g/mol. The van der Waals surface area contributed by atoms with Gasteiger partial charge in [0.2, 0.25) is 11.8 Å². The molecule has 1 aliphatic heterocycles. The molecule has 0 aromatic heterocycles. The van der Waals surface area contributed by atoms with Crippen LogP contribution in [0.1, 0.15) is 37.6 Å². The van der Waals surface area contributed by atoms with Gasteiger partial charge in [-0.05, 0) is 36.6 Å². The molecule has 1 atom stereocenters. The van der Waals surface area contributed by atoms with Crippen LogP contribution in [0.5, 0.6) is 0 Å². The van der Waals surface area contributed by atoms with Gasteiger partial charge >= 0.3 is 0 Å². The van der Waals surface area contributed by atoms with Gasteiger partial charge in [-0.2, -0.15) is 0 Å². The fourth-order valence-corrected chi connectivity index (χ4v) is 2.85. The average Bonchev–Trinajstić information content (AvgIpc) is 2.88. The summed E-state index contributed by atoms with van der Waals surface area (Å²) in [6.45, 7) is 6.62. The smallest absolute Gasteiger partial charge is 0.254 e. The van der Waals surface area contributed by atoms with E-state index in [9.17, 15) is 14.4 Å². The Labute approximate surface area is 141 Å². The molecule has 1 fully saturated rings. The van der Waals surface area contributed by atoms with Crippen LogP contribution in [-0.4, -0.2) is 42.3 Å². The van der Waals surface area contributed by atoms with Crippen LogP contribution in [0.2, 0.25) is 0 Å². The Hall–Kier alpha value is -2.41. The quantitative estimate of drug-likeness (QED) is 0.775. The lowest BCUT2D eigenvalue weighted by molar-refractivity contribution is -0.115. The van der Waals surface area contributed by atoms with Crippen LogP contribution in [0.25, 0.3) is 0 Å². The second-order valence-corrected chi connectivity index (χ2v) is 6.65. The van der Waals surface area contributed by atoms with E-state index in [-0.39, 0.29) is 23.1 Å². The van der Waals surface area contributed by atoms with Crippen molar-refractivity contribution in [1.29, 1.82) is 0 Å². The number of amides is 3. The first-order valence-corrected chi connectivity index (χ1v) is 7.92. The third-order valence-corrected chi connectivity index (χ3v) is 4.16. The molecule has 1 unspecified atom stereocenters. The summed E-state index contributed by atoms with van der Waals surface area (Å²) in [7, 11) is 0. The van der Waals surface area contributed by atoms with Gasteiger partial charge in [0.05, 0.1) is 0 Å². The summed E-state index contributed by atoms with van der Waals surface area (Å²) in [5, 5.41) is 5.30. The number of hydrogen-bond donors (Lipinski definition) is 3. The highest BCUT2D eigenvalue weighted by Gasteiger charge is 2.35. The largest absolute Gasteiger partial charge is 0.338 e. The molecule has 24 heavy (non-hydrogen) atoms. The highest BCUT2D eigenvalue weighted by Crippen LogP contribution is 2.30. The number of carbonyl (C=O) groups excluding carboxylic acids is 3. The van der Waals surface area contributed by atoms with Crippen LogP contribution in [0.4, 0.5) is 11.4 Å². The summed E-state index contributed by atoms with van der Waals surface area (Å²) in [6.07, 6.45) is 0.860. The van der Waals surface area contributed by atoms with E-state index in [1.165, 1.54) is 13.8 Å². The van der Waals surface area contributed by atoms with E-state index in [0.717, 1.165) is 6.42 Å². The molecule has 0 saturated carbocycles. The molecular formula is C17H24N4O3. The van der Waals surface area contributed by atoms with E-state index in [1.54, 1.807) is 23.1 Å². The van der Waals surface area contributed by atoms with E-state index in [0.29, 0.717) is 36.6 Å². The van der Waals surface area contributed by atoms with Crippen LogP contribution in [-0.2, 0) is 9.59 Å². The van der Waals surface area contributed by atoms with Crippen LogP contribution < -0.4 is 16.4 Å². The third kappa shape index (κ3) is 4.32. The molecule has 130 valence electrons. The van der Waals surface area contributed by atoms with Crippen LogP contribution in [0.15, 0.2) is 18.2 Å². The zero-order valence-electron chi connectivity index (χ0n) is 14.3. The second kappa shape index (κ2) is 7.00. The summed E-state index contributed by atoms with van der Waals surface area (Å²) in [5.41, 5.74) is 7.09. The van der Waals surface area contributed by atoms with Crippen LogP contribution in [0.3, 0.4) is 0 Å². The first-order valence-electron chi connectivity index (χ1n) is 7.92. The number of hydrogen-bond acceptors (Lipinski definition) is 4. The van der Waals surface area contributed by atoms with Crippen molar-refractivity contribution in [3.63, 3.8) is 0 Å². The SMILES string of the molecule is CC(=O)Nc1cc(NC(C)=O)cc(C(=O)N2CCC(C)(CN)C2)c1. The number of likely N-dealkylation sites (tertiary alicyclic amines) is 1. The number of anilines is 2. The first kappa shape index (κ1) is 17.9. The van der Waals surface area contributed by atoms with Crippen molar-refractivity contribution in [1.82, 2.24) is 4.90 Å². The summed E-state index contributed by atoms with van der Waals surface area (Å²) in [6, 6.07) is 4.86. The molecule has 1 heterocycles. The van der Waals surface area contributed by atoms with Crippen molar-refractivity contribution in [2.45, 2.75) is 27.2 Å². The minimum absolute atomic E-state index is 0.0641. The van der Waals surface area contributed by atoms with E-state index in [1.807, 2.05) is 0 Å². The van der Waals surface area contributed by atoms with E-state index < -0.39 is 0 Å². The number of carbonyl (C=O) groups is 3. The minimum atomic E-state index is -0.245. The number of rotatable bonds is 4. The van der Waals surface area contributed by atoms with Crippen molar-refractivity contribution in [2.75, 3.05) is 30.3 Å². The van der Waals surface area contributed by atoms with Gasteiger partial charge in [0.25, 0.3) is 5.91 Å². The molecule has 1 saturated heterocycles. The van der Waals surface area contributed by atoms with Gasteiger partial charge in [-0.1, -0.05) is 6.92 Å². The number of nitrogens with two attached hydrogens (primary N) is 1. The molecule has 0 aliphatic carbocycles. The van der Waals surface area contributed by atoms with Crippen molar-refractivity contribution in [2.24, 2.45) is 11.1 Å². The van der Waals surface area contributed by atoms with Gasteiger partial charge in [-0.25, -0.2) is 0 Å². The second-order valence-electron chi connectivity index (χ2n) is 6.65. The Morgan fingerprint density at radius 2 is 1.67 bits per heavy atom. The number of nitrogens with zero attached hydrogens (tertiary/aromatic N) is 1. The minimum Gasteiger partial charge on any atom is -0.338 e. The lowest BCUT2D eigenvalue weighted by atomic mass is 9.90. The van der Waals surface area contributed by atoms with E-state index >= 15 is 0 Å². The first-order chi connectivity index (χ1) is 11.2. The van der Waals surface area contributed by atoms with Crippen LogP contribution >= 0.6 is 0 Å². The molecule has 2 rings (SSSR count). The molecule has 7 heteroatoms. The van der Waals surface area contributed by atoms with Crippen molar-refractivity contribution < 1.29 is 14.4 Å². The molecule has 4 N–H and O–H groups in total. The van der Waals surface area contributed by atoms with Gasteiger partial charge in [0.1, 0.15) is 0 Å². The molecule has 0 bridgehead atoms. The summed E-state index contributed by atoms with van der Waals surface area (Å²) >= 11 is 0. The molecule has 0 spiro atoms. The molecule has 3 amide bonds. The fourth-order valence-electron chi connectivity index (χ4n) is 2.85. The van der Waals surface area contributed by atoms with Gasteiger partial charge < -0.3 is 21.3 Å². The Kier molecular flexibility index (Phi) is 5.23. The highest BCUT2D eigenvalue weighted by atomic mass is 16.2. The fraction of sp³-hybridized carbons (Fsp3) is 0.471. The molecule has 1 aromatic carbocycles. The topological polar surface area (TPSA) is 105 Å². The average molecular weight is 332 g/mol. The van der Waals surface area contributed by atoms with E-state index in [2.05, 4.69) is 17.6 Å². The summed E-state index contributed by atoms with van der Waals surface area (Å²) in [4.78, 5) is 37.1. The van der Waals surface area contributed by atoms with Gasteiger partial charge in [-0.3, -0.25) is 14.4 Å². The number of nitrogens with one attached hydrogen (secondary N) is 2. The highest BCUT2D eigenvalue weighted by molar-refractivity contribution is 6.00. The summed E-state index contributed by atoms with van der Waals surface area (Å²) in [5.74, 6) is -0.624. The van der Waals surface area contributed by atoms with Crippen molar-refractivity contribution >= 4 is 29.1 Å². The van der Waals surface area contributed by atoms with Gasteiger partial charge in [-0.15, -0.1) is 0 Å². The molecule has 1 aliphatic rings. The Morgan fingerprint density at radius 3 is 2.08 bits per heavy atom. The van der Waals surface area contributed by atoms with Crippen molar-refractivity contribution in [3.05, 3.63) is 23.8 Å². The molecule has 7 nitrogen and oxygen atoms in total. The normalized spacial score (nSPS) is 19.9. The maximum absolute atomic E-state index is 12.8. The lowest BCUT2D eigenvalue weighted by Crippen LogP contribution is -2.34. The monoisotopic (exact) mass is 332 g/mol. The Morgan fingerprint density at radius 1 is 1.12 bits per heavy atom. The lowest BCUT2D eigenvalue weighted by Gasteiger charge is -2.23. The van der Waals surface area contributed by atoms with Crippen molar-refractivity contribution in [3.8, 4) is 0 Å². The summed E-state index contributed by atoms with van der Waals surface area (Å²) < 4.78 is 0. The van der Waals surface area contributed by atoms with Gasteiger partial charge in [0, 0.05) is 43.9 Å². The predicted octanol–water partition coefficient (Wildman–Crippen LogP) is 1.41. The van der Waals surface area contributed by atoms with E-state index in [4.69, 9.17) is 5.73 Å². The Balaban J connectivity index is 2.28. The molecule has 0 radical (unpaired) electrons. The third-order valence-electron chi connectivity index (χ3n) is 4.16.